The van der Waals surface area contributed by atoms with Crippen molar-refractivity contribution in [2.75, 3.05) is 28.8 Å². The number of hydrogen-bond acceptors (Lipinski definition) is 6. The zero-order valence-electron chi connectivity index (χ0n) is 5.76. The fourth-order valence-corrected chi connectivity index (χ4v) is 1.01. The third kappa shape index (κ3) is 0.794. The van der Waals surface area contributed by atoms with Gasteiger partial charge in [-0.1, -0.05) is 0 Å². The number of nitrogens with two attached hydrogens (primary N) is 2. The highest BCUT2D eigenvalue weighted by Crippen LogP contribution is 2.28. The number of hydrogen-bond donors (Lipinski definition) is 4. The maximum Gasteiger partial charge on any atom is 0.224 e. The molecular formula is C5H8N6. The first-order valence-electron chi connectivity index (χ1n) is 3.18. The highest BCUT2D eigenvalue weighted by atomic mass is 15.2. The van der Waals surface area contributed by atoms with Gasteiger partial charge in [-0.05, 0) is 0 Å². The molecule has 0 aromatic carbocycles. The van der Waals surface area contributed by atoms with Gasteiger partial charge in [-0.2, -0.15) is 9.97 Å². The summed E-state index contributed by atoms with van der Waals surface area (Å²) < 4.78 is 0. The van der Waals surface area contributed by atoms with Crippen LogP contribution in [0.5, 0.6) is 0 Å². The van der Waals surface area contributed by atoms with Gasteiger partial charge in [0, 0.05) is 0 Å². The molecule has 1 aliphatic heterocycles. The Bertz CT molecular complexity index is 295. The van der Waals surface area contributed by atoms with Crippen molar-refractivity contribution in [3.8, 4) is 0 Å². The van der Waals surface area contributed by atoms with Gasteiger partial charge in [-0.15, -0.1) is 0 Å². The van der Waals surface area contributed by atoms with Crippen molar-refractivity contribution in [2.45, 2.75) is 0 Å². The molecule has 0 saturated carbocycles. The van der Waals surface area contributed by atoms with Crippen LogP contribution in [0.3, 0.4) is 0 Å². The third-order valence-corrected chi connectivity index (χ3v) is 1.48. The summed E-state index contributed by atoms with van der Waals surface area (Å²) in [6.45, 7) is 0.623. The average Bonchev–Trinajstić information content (AvgIpc) is 2.34. The third-order valence-electron chi connectivity index (χ3n) is 1.48. The van der Waals surface area contributed by atoms with Crippen molar-refractivity contribution in [3.05, 3.63) is 0 Å². The van der Waals surface area contributed by atoms with E-state index >= 15 is 0 Å². The summed E-state index contributed by atoms with van der Waals surface area (Å²) in [5, 5.41) is 5.94. The first-order chi connectivity index (χ1) is 5.27. The van der Waals surface area contributed by atoms with Gasteiger partial charge in [0.1, 0.15) is 5.69 Å². The first kappa shape index (κ1) is 6.02. The Morgan fingerprint density at radius 2 is 2.00 bits per heavy atom. The molecule has 0 saturated heterocycles. The van der Waals surface area contributed by atoms with Crippen molar-refractivity contribution in [3.63, 3.8) is 0 Å². The molecule has 0 radical (unpaired) electrons. The lowest BCUT2D eigenvalue weighted by atomic mass is 10.4. The highest BCUT2D eigenvalue weighted by molar-refractivity contribution is 5.79. The van der Waals surface area contributed by atoms with Crippen molar-refractivity contribution in [1.29, 1.82) is 0 Å². The Morgan fingerprint density at radius 3 is 2.82 bits per heavy atom. The van der Waals surface area contributed by atoms with E-state index < -0.39 is 0 Å². The maximum atomic E-state index is 5.54. The predicted molar refractivity (Wildman–Crippen MR) is 43.0 cm³/mol. The zero-order chi connectivity index (χ0) is 7.84. The van der Waals surface area contributed by atoms with E-state index in [4.69, 9.17) is 11.5 Å². The Labute approximate surface area is 63.0 Å². The minimum atomic E-state index is 0.192. The molecule has 58 valence electrons. The summed E-state index contributed by atoms with van der Waals surface area (Å²) in [6, 6.07) is 0. The lowest BCUT2D eigenvalue weighted by molar-refractivity contribution is 1.20. The largest absolute Gasteiger partial charge is 0.382 e. The lowest BCUT2D eigenvalue weighted by Crippen LogP contribution is -2.01. The maximum absolute atomic E-state index is 5.54. The molecule has 0 fully saturated rings. The quantitative estimate of drug-likeness (QED) is 0.397. The Kier molecular flexibility index (Phi) is 1.03. The van der Waals surface area contributed by atoms with Crippen LogP contribution in [0.4, 0.5) is 23.3 Å². The highest BCUT2D eigenvalue weighted by Gasteiger charge is 2.14. The molecule has 2 heterocycles. The molecule has 0 amide bonds. The summed E-state index contributed by atoms with van der Waals surface area (Å²) in [7, 11) is 0. The van der Waals surface area contributed by atoms with E-state index in [1.807, 2.05) is 0 Å². The molecule has 0 bridgehead atoms. The van der Waals surface area contributed by atoms with Crippen LogP contribution in [0.15, 0.2) is 0 Å². The van der Waals surface area contributed by atoms with Crippen molar-refractivity contribution in [2.24, 2.45) is 0 Å². The molecule has 0 spiro atoms. The average molecular weight is 152 g/mol. The molecule has 1 aromatic heterocycles. The van der Waals surface area contributed by atoms with Gasteiger partial charge in [-0.25, -0.2) is 0 Å². The molecule has 0 atom stereocenters. The van der Waals surface area contributed by atoms with Crippen molar-refractivity contribution < 1.29 is 0 Å². The van der Waals surface area contributed by atoms with E-state index in [0.29, 0.717) is 18.3 Å². The van der Waals surface area contributed by atoms with E-state index in [9.17, 15) is 0 Å². The number of fused-ring (bicyclic) bond motifs is 1. The van der Waals surface area contributed by atoms with E-state index in [2.05, 4.69) is 20.6 Å². The Morgan fingerprint density at radius 1 is 1.18 bits per heavy atom. The fourth-order valence-electron chi connectivity index (χ4n) is 1.01. The number of nitrogen functional groups attached to an aromatic ring is 2. The van der Waals surface area contributed by atoms with Gasteiger partial charge in [0.05, 0.1) is 6.67 Å². The summed E-state index contributed by atoms with van der Waals surface area (Å²) in [6.07, 6.45) is 0. The molecule has 2 rings (SSSR count). The minimum absolute atomic E-state index is 0.192. The van der Waals surface area contributed by atoms with Crippen molar-refractivity contribution >= 4 is 23.3 Å². The van der Waals surface area contributed by atoms with E-state index in [0.717, 1.165) is 5.69 Å². The van der Waals surface area contributed by atoms with Crippen LogP contribution in [0, 0.1) is 0 Å². The second-order valence-corrected chi connectivity index (χ2v) is 2.22. The molecule has 6 nitrogen and oxygen atoms in total. The topological polar surface area (TPSA) is 102 Å². The van der Waals surface area contributed by atoms with E-state index in [1.165, 1.54) is 0 Å². The SMILES string of the molecule is Nc1nc(N)c2c(n1)NCN2. The lowest BCUT2D eigenvalue weighted by Gasteiger charge is -2.01. The molecule has 1 aromatic rings. The summed E-state index contributed by atoms with van der Waals surface area (Å²) in [4.78, 5) is 7.71. The van der Waals surface area contributed by atoms with Gasteiger partial charge in [-0.3, -0.25) is 0 Å². The van der Waals surface area contributed by atoms with Crippen LogP contribution < -0.4 is 22.1 Å². The van der Waals surface area contributed by atoms with Crippen LogP contribution in [0.25, 0.3) is 0 Å². The van der Waals surface area contributed by atoms with Crippen LogP contribution in [0.2, 0.25) is 0 Å². The van der Waals surface area contributed by atoms with Crippen LogP contribution in [-0.4, -0.2) is 16.6 Å². The Balaban J connectivity index is 2.60. The molecule has 11 heavy (non-hydrogen) atoms. The van der Waals surface area contributed by atoms with Gasteiger partial charge < -0.3 is 22.1 Å². The summed E-state index contributed by atoms with van der Waals surface area (Å²) in [5.74, 6) is 1.25. The molecule has 0 unspecified atom stereocenters. The molecule has 6 heteroatoms. The number of nitrogens with zero attached hydrogens (tertiary/aromatic N) is 2. The van der Waals surface area contributed by atoms with Gasteiger partial charge in [0.2, 0.25) is 5.95 Å². The normalized spacial score (nSPS) is 13.5. The number of aromatic nitrogens is 2. The standard InChI is InChI=1S/C5H8N6/c6-3-2-4(9-1-8-2)11-5(7)10-3/h8H,1H2,(H5,6,7,9,10,11). The van der Waals surface area contributed by atoms with Gasteiger partial charge in [0.25, 0.3) is 0 Å². The molecular weight excluding hydrogens is 144 g/mol. The summed E-state index contributed by atoms with van der Waals surface area (Å²) in [5.41, 5.74) is 11.6. The van der Waals surface area contributed by atoms with Gasteiger partial charge >= 0.3 is 0 Å². The predicted octanol–water partition coefficient (Wildman–Crippen LogP) is -0.564. The molecule has 1 aliphatic rings. The summed E-state index contributed by atoms with van der Waals surface area (Å²) >= 11 is 0. The van der Waals surface area contributed by atoms with Crippen LogP contribution >= 0.6 is 0 Å². The van der Waals surface area contributed by atoms with Crippen LogP contribution in [0.1, 0.15) is 0 Å². The van der Waals surface area contributed by atoms with E-state index in [-0.39, 0.29) is 5.95 Å². The minimum Gasteiger partial charge on any atom is -0.382 e. The number of nitrogens with one attached hydrogen (secondary N) is 2. The number of anilines is 4. The smallest absolute Gasteiger partial charge is 0.224 e. The van der Waals surface area contributed by atoms with Gasteiger partial charge in [0.15, 0.2) is 11.6 Å². The fraction of sp³-hybridized carbons (Fsp3) is 0.200. The van der Waals surface area contributed by atoms with Crippen molar-refractivity contribution in [1.82, 2.24) is 9.97 Å². The zero-order valence-corrected chi connectivity index (χ0v) is 5.76. The monoisotopic (exact) mass is 152 g/mol. The first-order valence-corrected chi connectivity index (χ1v) is 3.18. The second kappa shape index (κ2) is 1.88. The second-order valence-electron chi connectivity index (χ2n) is 2.22. The molecule has 0 aliphatic carbocycles. The number of rotatable bonds is 0. The van der Waals surface area contributed by atoms with E-state index in [1.54, 1.807) is 0 Å². The Hall–Kier alpha value is -1.72. The molecule has 6 N–H and O–H groups in total. The van der Waals surface area contributed by atoms with Crippen LogP contribution in [-0.2, 0) is 0 Å².